The second-order valence-corrected chi connectivity index (χ2v) is 6.47. The van der Waals surface area contributed by atoms with Gasteiger partial charge in [-0.3, -0.25) is 14.8 Å². The average Bonchev–Trinajstić information content (AvgIpc) is 2.86. The molecule has 7 nitrogen and oxygen atoms in total. The Labute approximate surface area is 185 Å². The minimum atomic E-state index is -1.18. The minimum Gasteiger partial charge on any atom is -0.464 e. The molecule has 158 valence electrons. The highest BCUT2D eigenvalue weighted by Crippen LogP contribution is 2.17. The molecule has 7 heteroatoms. The summed E-state index contributed by atoms with van der Waals surface area (Å²) in [6.45, 7) is 0. The van der Waals surface area contributed by atoms with Gasteiger partial charge in [-0.25, -0.2) is 10.2 Å². The Bertz CT molecular complexity index is 1160. The predicted octanol–water partition coefficient (Wildman–Crippen LogP) is 4.91. The molecule has 0 fully saturated rings. The molecule has 0 spiro atoms. The molecule has 2 aromatic heterocycles. The lowest BCUT2D eigenvalue weighted by Gasteiger charge is -2.00. The first-order chi connectivity index (χ1) is 15.7. The minimum absolute atomic E-state index is 0.685. The lowest BCUT2D eigenvalue weighted by atomic mass is 10.1. The van der Waals surface area contributed by atoms with Gasteiger partial charge in [-0.05, 0) is 29.8 Å². The molecule has 1 amide bonds. The first kappa shape index (κ1) is 22.0. The number of carboxylic acid groups (broad SMARTS) is 1. The van der Waals surface area contributed by atoms with Gasteiger partial charge in [0.15, 0.2) is 0 Å². The molecule has 0 saturated carbocycles. The van der Waals surface area contributed by atoms with Crippen LogP contribution in [0.2, 0.25) is 0 Å². The van der Waals surface area contributed by atoms with E-state index in [4.69, 9.17) is 5.11 Å². The van der Waals surface area contributed by atoms with Gasteiger partial charge in [-0.1, -0.05) is 60.7 Å². The van der Waals surface area contributed by atoms with Crippen LogP contribution in [0.25, 0.3) is 22.5 Å². The highest BCUT2D eigenvalue weighted by Gasteiger charge is 1.98. The highest BCUT2D eigenvalue weighted by molar-refractivity contribution is 5.81. The molecule has 0 unspecified atom stereocenters. The number of benzene rings is 2. The number of aromatic nitrogens is 2. The Kier molecular flexibility index (Phi) is 7.93. The van der Waals surface area contributed by atoms with Crippen molar-refractivity contribution >= 4 is 18.6 Å². The zero-order valence-electron chi connectivity index (χ0n) is 17.0. The van der Waals surface area contributed by atoms with Gasteiger partial charge >= 0.3 is 6.09 Å². The number of nitrogens with one attached hydrogen (secondary N) is 1. The molecular weight excluding hydrogens is 404 g/mol. The highest BCUT2D eigenvalue weighted by atomic mass is 16.4. The van der Waals surface area contributed by atoms with Crippen LogP contribution in [0.3, 0.4) is 0 Å². The van der Waals surface area contributed by atoms with Crippen molar-refractivity contribution in [3.63, 3.8) is 0 Å². The van der Waals surface area contributed by atoms with Crippen LogP contribution in [0, 0.1) is 0 Å². The second-order valence-electron chi connectivity index (χ2n) is 6.47. The Balaban J connectivity index is 0.000000186. The maximum Gasteiger partial charge on any atom is 0.425 e. The summed E-state index contributed by atoms with van der Waals surface area (Å²) in [5, 5.41) is 11.9. The first-order valence-corrected chi connectivity index (χ1v) is 9.66. The van der Waals surface area contributed by atoms with Crippen LogP contribution in [0.4, 0.5) is 4.79 Å². The quantitative estimate of drug-likeness (QED) is 0.269. The molecule has 2 aromatic carbocycles. The van der Waals surface area contributed by atoms with Crippen molar-refractivity contribution in [2.24, 2.45) is 5.10 Å². The molecule has 2 N–H and O–H groups in total. The standard InChI is InChI=1S/C13H11N3O2.C12H9NO/c17-13(18)16-15-9-10-4-6-11(7-5-10)12-3-1-2-8-14-12;14-9-10-4-6-11(7-5-10)12-3-1-2-8-13-12/h1-9,16H,(H,17,18);1-9H. The molecule has 4 rings (SSSR count). The summed E-state index contributed by atoms with van der Waals surface area (Å²) in [5.41, 5.74) is 7.25. The van der Waals surface area contributed by atoms with E-state index >= 15 is 0 Å². The molecule has 0 aliphatic carbocycles. The Hall–Kier alpha value is -4.65. The van der Waals surface area contributed by atoms with Gasteiger partial charge < -0.3 is 5.11 Å². The number of carbonyl (C=O) groups is 2. The van der Waals surface area contributed by atoms with Crippen LogP contribution in [0.5, 0.6) is 0 Å². The van der Waals surface area contributed by atoms with Gasteiger partial charge in [0, 0.05) is 29.1 Å². The molecule has 0 saturated heterocycles. The monoisotopic (exact) mass is 424 g/mol. The largest absolute Gasteiger partial charge is 0.464 e. The summed E-state index contributed by atoms with van der Waals surface area (Å²) >= 11 is 0. The van der Waals surface area contributed by atoms with E-state index in [1.807, 2.05) is 78.2 Å². The molecule has 4 aromatic rings. The molecule has 0 aliphatic rings. The van der Waals surface area contributed by atoms with Gasteiger partial charge in [-0.2, -0.15) is 5.10 Å². The number of pyridine rings is 2. The maximum absolute atomic E-state index is 10.4. The van der Waals surface area contributed by atoms with Gasteiger partial charge in [0.2, 0.25) is 0 Å². The van der Waals surface area contributed by atoms with Crippen molar-refractivity contribution in [1.82, 2.24) is 15.4 Å². The summed E-state index contributed by atoms with van der Waals surface area (Å²) in [6, 6.07) is 26.3. The third-order valence-electron chi connectivity index (χ3n) is 4.25. The van der Waals surface area contributed by atoms with E-state index < -0.39 is 6.09 Å². The predicted molar refractivity (Wildman–Crippen MR) is 123 cm³/mol. The smallest absolute Gasteiger partial charge is 0.425 e. The Morgan fingerprint density at radius 1 is 0.750 bits per heavy atom. The van der Waals surface area contributed by atoms with Crippen LogP contribution in [0.15, 0.2) is 102 Å². The number of hydrazone groups is 1. The van der Waals surface area contributed by atoms with E-state index in [-0.39, 0.29) is 0 Å². The van der Waals surface area contributed by atoms with E-state index in [2.05, 4.69) is 15.1 Å². The zero-order valence-corrected chi connectivity index (χ0v) is 17.0. The number of hydrogen-bond acceptors (Lipinski definition) is 5. The summed E-state index contributed by atoms with van der Waals surface area (Å²) in [4.78, 5) is 29.1. The molecule has 2 heterocycles. The third kappa shape index (κ3) is 6.70. The molecular formula is C25H20N4O3. The molecule has 32 heavy (non-hydrogen) atoms. The normalized spacial score (nSPS) is 10.1. The fourth-order valence-electron chi connectivity index (χ4n) is 2.70. The molecule has 0 radical (unpaired) electrons. The van der Waals surface area contributed by atoms with Gasteiger partial charge in [0.1, 0.15) is 6.29 Å². The van der Waals surface area contributed by atoms with Gasteiger partial charge in [-0.15, -0.1) is 0 Å². The fourth-order valence-corrected chi connectivity index (χ4v) is 2.70. The van der Waals surface area contributed by atoms with E-state index in [1.54, 1.807) is 24.5 Å². The summed E-state index contributed by atoms with van der Waals surface area (Å²) in [5.74, 6) is 0. The Morgan fingerprint density at radius 2 is 1.25 bits per heavy atom. The van der Waals surface area contributed by atoms with E-state index in [1.165, 1.54) is 6.21 Å². The summed E-state index contributed by atoms with van der Waals surface area (Å²) in [6.07, 6.45) is 4.58. The SMILES string of the molecule is O=C(O)NN=Cc1ccc(-c2ccccn2)cc1.O=Cc1ccc(-c2ccccn2)cc1. The van der Waals surface area contributed by atoms with Crippen molar-refractivity contribution in [3.05, 3.63) is 108 Å². The van der Waals surface area contributed by atoms with Gasteiger partial charge in [0.05, 0.1) is 17.6 Å². The van der Waals surface area contributed by atoms with Crippen molar-refractivity contribution in [1.29, 1.82) is 0 Å². The number of nitrogens with zero attached hydrogens (tertiary/aromatic N) is 3. The van der Waals surface area contributed by atoms with E-state index in [0.717, 1.165) is 34.4 Å². The first-order valence-electron chi connectivity index (χ1n) is 9.66. The van der Waals surface area contributed by atoms with Crippen LogP contribution >= 0.6 is 0 Å². The number of aldehydes is 1. The van der Waals surface area contributed by atoms with Crippen LogP contribution in [-0.2, 0) is 0 Å². The van der Waals surface area contributed by atoms with E-state index in [9.17, 15) is 9.59 Å². The average molecular weight is 424 g/mol. The number of amides is 1. The molecule has 0 aliphatic heterocycles. The van der Waals surface area contributed by atoms with Crippen molar-refractivity contribution < 1.29 is 14.7 Å². The Morgan fingerprint density at radius 3 is 1.66 bits per heavy atom. The summed E-state index contributed by atoms with van der Waals surface area (Å²) in [7, 11) is 0. The second kappa shape index (κ2) is 11.5. The van der Waals surface area contributed by atoms with Crippen LogP contribution in [-0.4, -0.2) is 33.7 Å². The third-order valence-corrected chi connectivity index (χ3v) is 4.25. The maximum atomic E-state index is 10.4. The van der Waals surface area contributed by atoms with Crippen LogP contribution in [0.1, 0.15) is 15.9 Å². The van der Waals surface area contributed by atoms with E-state index in [0.29, 0.717) is 5.56 Å². The number of hydrogen-bond donors (Lipinski definition) is 2. The lowest BCUT2D eigenvalue weighted by molar-refractivity contribution is 0.112. The van der Waals surface area contributed by atoms with Crippen molar-refractivity contribution in [2.45, 2.75) is 0 Å². The lowest BCUT2D eigenvalue weighted by Crippen LogP contribution is -2.13. The molecule has 0 bridgehead atoms. The van der Waals surface area contributed by atoms with Crippen molar-refractivity contribution in [2.75, 3.05) is 0 Å². The fraction of sp³-hybridized carbons (Fsp3) is 0. The van der Waals surface area contributed by atoms with Gasteiger partial charge in [0.25, 0.3) is 0 Å². The topological polar surface area (TPSA) is 105 Å². The molecule has 0 atom stereocenters. The van der Waals surface area contributed by atoms with Crippen molar-refractivity contribution in [3.8, 4) is 22.5 Å². The van der Waals surface area contributed by atoms with Crippen LogP contribution < -0.4 is 5.43 Å². The number of carbonyl (C=O) groups excluding carboxylic acids is 1. The summed E-state index contributed by atoms with van der Waals surface area (Å²) < 4.78 is 0. The number of rotatable bonds is 5. The zero-order chi connectivity index (χ0) is 22.6.